The first-order valence-corrected chi connectivity index (χ1v) is 7.23. The van der Waals surface area contributed by atoms with Crippen molar-refractivity contribution in [3.8, 4) is 6.01 Å². The van der Waals surface area contributed by atoms with E-state index in [2.05, 4.69) is 21.4 Å². The Morgan fingerprint density at radius 2 is 2.20 bits per heavy atom. The van der Waals surface area contributed by atoms with E-state index < -0.39 is 0 Å². The lowest BCUT2D eigenvalue weighted by atomic mass is 10.2. The number of rotatable bonds is 7. The minimum absolute atomic E-state index is 0.0912. The van der Waals surface area contributed by atoms with Gasteiger partial charge in [0.05, 0.1) is 6.61 Å². The van der Waals surface area contributed by atoms with E-state index in [0.29, 0.717) is 6.01 Å². The number of aromatic nitrogens is 2. The molecular weight excluding hydrogens is 254 g/mol. The van der Waals surface area contributed by atoms with E-state index in [0.717, 1.165) is 52.1 Å². The van der Waals surface area contributed by atoms with Crippen LogP contribution in [0.15, 0.2) is 31.1 Å². The Labute approximate surface area is 120 Å². The van der Waals surface area contributed by atoms with Crippen molar-refractivity contribution in [2.24, 2.45) is 0 Å². The molecule has 0 N–H and O–H groups in total. The van der Waals surface area contributed by atoms with Crippen LogP contribution in [0.5, 0.6) is 6.01 Å². The van der Waals surface area contributed by atoms with Gasteiger partial charge in [0.2, 0.25) is 0 Å². The predicted octanol–water partition coefficient (Wildman–Crippen LogP) is 1.91. The largest absolute Gasteiger partial charge is 0.459 e. The van der Waals surface area contributed by atoms with E-state index in [1.807, 2.05) is 6.08 Å². The van der Waals surface area contributed by atoms with Gasteiger partial charge in [-0.1, -0.05) is 6.08 Å². The van der Waals surface area contributed by atoms with E-state index >= 15 is 0 Å². The molecule has 1 fully saturated rings. The van der Waals surface area contributed by atoms with Crippen LogP contribution in [0, 0.1) is 0 Å². The van der Waals surface area contributed by atoms with Gasteiger partial charge in [0.15, 0.2) is 0 Å². The van der Waals surface area contributed by atoms with E-state index in [1.165, 1.54) is 0 Å². The zero-order chi connectivity index (χ0) is 14.0. The molecular formula is C15H23N3O2. The van der Waals surface area contributed by atoms with Crippen LogP contribution in [-0.4, -0.2) is 53.8 Å². The molecule has 20 heavy (non-hydrogen) atoms. The maximum absolute atomic E-state index is 5.91. The van der Waals surface area contributed by atoms with Crippen LogP contribution in [-0.2, 0) is 4.74 Å². The van der Waals surface area contributed by atoms with Gasteiger partial charge in [0, 0.05) is 38.6 Å². The summed E-state index contributed by atoms with van der Waals surface area (Å²) in [5.41, 5.74) is 0. The Hall–Kier alpha value is -1.46. The van der Waals surface area contributed by atoms with E-state index in [4.69, 9.17) is 9.47 Å². The van der Waals surface area contributed by atoms with Crippen molar-refractivity contribution in [2.75, 3.05) is 32.8 Å². The summed E-state index contributed by atoms with van der Waals surface area (Å²) in [7, 11) is 0. The monoisotopic (exact) mass is 277 g/mol. The summed E-state index contributed by atoms with van der Waals surface area (Å²) in [4.78, 5) is 10.7. The minimum atomic E-state index is 0.0912. The minimum Gasteiger partial charge on any atom is -0.459 e. The summed E-state index contributed by atoms with van der Waals surface area (Å²) in [5.74, 6) is 0. The zero-order valence-corrected chi connectivity index (χ0v) is 11.9. The molecule has 1 atom stereocenters. The van der Waals surface area contributed by atoms with Crippen LogP contribution in [0.25, 0.3) is 0 Å². The fourth-order valence-corrected chi connectivity index (χ4v) is 2.25. The van der Waals surface area contributed by atoms with Crippen LogP contribution in [0.3, 0.4) is 0 Å². The zero-order valence-electron chi connectivity index (χ0n) is 11.9. The molecule has 2 rings (SSSR count). The summed E-state index contributed by atoms with van der Waals surface area (Å²) in [6, 6.07) is 2.24. The molecule has 0 spiro atoms. The quantitative estimate of drug-likeness (QED) is 0.713. The van der Waals surface area contributed by atoms with Crippen LogP contribution < -0.4 is 4.74 Å². The summed E-state index contributed by atoms with van der Waals surface area (Å²) in [6.45, 7) is 8.35. The van der Waals surface area contributed by atoms with Crippen molar-refractivity contribution >= 4 is 0 Å². The summed E-state index contributed by atoms with van der Waals surface area (Å²) < 4.78 is 11.4. The highest BCUT2D eigenvalue weighted by Gasteiger charge is 2.17. The van der Waals surface area contributed by atoms with Gasteiger partial charge < -0.3 is 9.47 Å². The molecule has 5 nitrogen and oxygen atoms in total. The van der Waals surface area contributed by atoms with E-state index in [9.17, 15) is 0 Å². The molecule has 0 saturated carbocycles. The lowest BCUT2D eigenvalue weighted by molar-refractivity contribution is 0.106. The molecule has 2 heterocycles. The number of allylic oxidation sites excluding steroid dienone is 1. The number of hydrogen-bond donors (Lipinski definition) is 0. The lowest BCUT2D eigenvalue weighted by Gasteiger charge is -2.25. The van der Waals surface area contributed by atoms with Crippen molar-refractivity contribution in [3.63, 3.8) is 0 Å². The first kappa shape index (κ1) is 14.9. The normalized spacial score (nSPS) is 18.2. The Bertz CT molecular complexity index is 378. The van der Waals surface area contributed by atoms with Crippen LogP contribution >= 0.6 is 0 Å². The second kappa shape index (κ2) is 8.66. The first-order chi connectivity index (χ1) is 9.88. The second-order valence-electron chi connectivity index (χ2n) is 4.90. The number of hydrogen-bond acceptors (Lipinski definition) is 5. The molecule has 0 aliphatic carbocycles. The van der Waals surface area contributed by atoms with Crippen LogP contribution in [0.2, 0.25) is 0 Å². The Balaban J connectivity index is 1.90. The smallest absolute Gasteiger partial charge is 0.316 e. The fraction of sp³-hybridized carbons (Fsp3) is 0.600. The maximum Gasteiger partial charge on any atom is 0.316 e. The molecule has 0 amide bonds. The van der Waals surface area contributed by atoms with E-state index in [1.54, 1.807) is 18.5 Å². The van der Waals surface area contributed by atoms with Gasteiger partial charge in [-0.05, 0) is 25.3 Å². The van der Waals surface area contributed by atoms with Crippen molar-refractivity contribution in [2.45, 2.75) is 25.4 Å². The SMILES string of the molecule is C=CCCC(CN1CCCOCC1)Oc1ncccn1. The molecule has 1 unspecified atom stereocenters. The molecule has 1 aromatic rings. The molecule has 1 aliphatic rings. The van der Waals surface area contributed by atoms with Gasteiger partial charge in [0.25, 0.3) is 0 Å². The van der Waals surface area contributed by atoms with Gasteiger partial charge in [-0.15, -0.1) is 6.58 Å². The predicted molar refractivity (Wildman–Crippen MR) is 77.8 cm³/mol. The molecule has 5 heteroatoms. The molecule has 0 radical (unpaired) electrons. The topological polar surface area (TPSA) is 47.5 Å². The Kier molecular flexibility index (Phi) is 6.47. The van der Waals surface area contributed by atoms with Crippen molar-refractivity contribution < 1.29 is 9.47 Å². The third-order valence-corrected chi connectivity index (χ3v) is 3.28. The van der Waals surface area contributed by atoms with E-state index in [-0.39, 0.29) is 6.10 Å². The second-order valence-corrected chi connectivity index (χ2v) is 4.90. The highest BCUT2D eigenvalue weighted by atomic mass is 16.5. The molecule has 110 valence electrons. The number of nitrogens with zero attached hydrogens (tertiary/aromatic N) is 3. The summed E-state index contributed by atoms with van der Waals surface area (Å²) in [6.07, 6.45) is 8.36. The van der Waals surface area contributed by atoms with Crippen molar-refractivity contribution in [1.29, 1.82) is 0 Å². The molecule has 0 aromatic carbocycles. The third kappa shape index (κ3) is 5.27. The maximum atomic E-state index is 5.91. The van der Waals surface area contributed by atoms with Crippen LogP contribution in [0.4, 0.5) is 0 Å². The average Bonchev–Trinajstić information content (AvgIpc) is 2.74. The van der Waals surface area contributed by atoms with Gasteiger partial charge >= 0.3 is 6.01 Å². The lowest BCUT2D eigenvalue weighted by Crippen LogP contribution is -2.37. The van der Waals surface area contributed by atoms with Gasteiger partial charge in [0.1, 0.15) is 6.10 Å². The third-order valence-electron chi connectivity index (χ3n) is 3.28. The highest BCUT2D eigenvalue weighted by Crippen LogP contribution is 2.11. The van der Waals surface area contributed by atoms with Gasteiger partial charge in [-0.25, -0.2) is 9.97 Å². The van der Waals surface area contributed by atoms with Gasteiger partial charge in [-0.2, -0.15) is 0 Å². The first-order valence-electron chi connectivity index (χ1n) is 7.23. The van der Waals surface area contributed by atoms with Crippen molar-refractivity contribution in [3.05, 3.63) is 31.1 Å². The molecule has 1 aliphatic heterocycles. The standard InChI is InChI=1S/C15H23N3O2/c1-2-3-6-14(20-15-16-7-4-8-17-15)13-18-9-5-11-19-12-10-18/h2,4,7-8,14H,1,3,5-6,9-13H2. The van der Waals surface area contributed by atoms with Gasteiger partial charge in [-0.3, -0.25) is 4.90 Å². The van der Waals surface area contributed by atoms with Crippen molar-refractivity contribution in [1.82, 2.24) is 14.9 Å². The highest BCUT2D eigenvalue weighted by molar-refractivity contribution is 4.94. The molecule has 1 aromatic heterocycles. The molecule has 1 saturated heterocycles. The average molecular weight is 277 g/mol. The van der Waals surface area contributed by atoms with Crippen LogP contribution in [0.1, 0.15) is 19.3 Å². The number of ether oxygens (including phenoxy) is 2. The Morgan fingerprint density at radius 3 is 3.00 bits per heavy atom. The summed E-state index contributed by atoms with van der Waals surface area (Å²) >= 11 is 0. The molecule has 0 bridgehead atoms. The fourth-order valence-electron chi connectivity index (χ4n) is 2.25. The summed E-state index contributed by atoms with van der Waals surface area (Å²) in [5, 5.41) is 0. The Morgan fingerprint density at radius 1 is 1.35 bits per heavy atom.